The Morgan fingerprint density at radius 2 is 1.86 bits per heavy atom. The molecule has 0 fully saturated rings. The zero-order chi connectivity index (χ0) is 20.5. The Kier molecular flexibility index (Phi) is 5.21. The van der Waals surface area contributed by atoms with E-state index in [0.717, 1.165) is 24.0 Å². The number of aromatic nitrogens is 2. The van der Waals surface area contributed by atoms with Crippen molar-refractivity contribution in [3.05, 3.63) is 47.5 Å². The number of hydrazine groups is 1. The number of rotatable bonds is 5. The molecule has 3 rings (SSSR count). The van der Waals surface area contributed by atoms with Crippen LogP contribution in [-0.4, -0.2) is 36.8 Å². The van der Waals surface area contributed by atoms with Gasteiger partial charge in [0, 0.05) is 12.1 Å². The van der Waals surface area contributed by atoms with E-state index in [1.165, 1.54) is 13.1 Å². The van der Waals surface area contributed by atoms with Gasteiger partial charge >= 0.3 is 5.91 Å². The molecule has 3 N–H and O–H groups in total. The number of nitrogens with one attached hydrogen (secondary N) is 3. The summed E-state index contributed by atoms with van der Waals surface area (Å²) in [4.78, 5) is 28.8. The van der Waals surface area contributed by atoms with E-state index in [9.17, 15) is 18.0 Å². The molecule has 0 aliphatic carbocycles. The molecule has 0 saturated carbocycles. The number of aryl methyl sites for hydroxylation is 2. The largest absolute Gasteiger partial charge is 0.438 e. The number of nitrogens with zero attached hydrogens (tertiary/aromatic N) is 2. The molecule has 0 saturated heterocycles. The number of hydrogen-bond acceptors (Lipinski definition) is 6. The van der Waals surface area contributed by atoms with Gasteiger partial charge in [0.05, 0.1) is 11.0 Å². The van der Waals surface area contributed by atoms with Gasteiger partial charge in [0.2, 0.25) is 5.09 Å². The van der Waals surface area contributed by atoms with Crippen molar-refractivity contribution in [2.24, 2.45) is 0 Å². The van der Waals surface area contributed by atoms with Gasteiger partial charge in [0.25, 0.3) is 15.9 Å². The summed E-state index contributed by atoms with van der Waals surface area (Å²) in [6.45, 7) is 4.65. The quantitative estimate of drug-likeness (QED) is 0.541. The van der Waals surface area contributed by atoms with Crippen molar-refractivity contribution in [3.8, 4) is 0 Å². The van der Waals surface area contributed by atoms with E-state index in [4.69, 9.17) is 4.42 Å². The van der Waals surface area contributed by atoms with Crippen molar-refractivity contribution < 1.29 is 22.4 Å². The highest BCUT2D eigenvalue weighted by Gasteiger charge is 2.20. The second-order valence-electron chi connectivity index (χ2n) is 5.84. The minimum atomic E-state index is -3.80. The second-order valence-corrected chi connectivity index (χ2v) is 7.66. The van der Waals surface area contributed by atoms with Crippen LogP contribution in [0.4, 0.5) is 0 Å². The van der Waals surface area contributed by atoms with Gasteiger partial charge < -0.3 is 8.98 Å². The average molecular weight is 405 g/mol. The van der Waals surface area contributed by atoms with E-state index >= 15 is 0 Å². The number of carbonyl (C=O) groups excluding carboxylic acids is 2. The van der Waals surface area contributed by atoms with Crippen LogP contribution in [0.3, 0.4) is 0 Å². The third kappa shape index (κ3) is 3.62. The predicted octanol–water partition coefficient (Wildman–Crippen LogP) is 0.941. The Labute approximate surface area is 160 Å². The molecule has 10 nitrogen and oxygen atoms in total. The number of amides is 2. The molecule has 2 heterocycles. The molecule has 28 heavy (non-hydrogen) atoms. The molecule has 0 bridgehead atoms. The standard InChI is InChI=1S/C17H19N5O5S/c1-4-22-10(2)19-12-9-11(5-6-13(12)22)16(23)20-21-17(24)14-7-8-15(27-14)28(25,26)18-3/h5-9,18H,4H2,1-3H3,(H,20,23)(H,21,24). The SMILES string of the molecule is CCn1c(C)nc2cc(C(=O)NNC(=O)c3ccc(S(=O)(=O)NC)o3)ccc21. The minimum absolute atomic E-state index is 0.262. The summed E-state index contributed by atoms with van der Waals surface area (Å²) in [5.74, 6) is -0.762. The topological polar surface area (TPSA) is 135 Å². The van der Waals surface area contributed by atoms with E-state index in [1.54, 1.807) is 18.2 Å². The van der Waals surface area contributed by atoms with Crippen LogP contribution in [0.25, 0.3) is 11.0 Å². The predicted molar refractivity (Wildman–Crippen MR) is 100 cm³/mol. The third-order valence-electron chi connectivity index (χ3n) is 4.15. The number of sulfonamides is 1. The molecular formula is C17H19N5O5S. The molecule has 148 valence electrons. The lowest BCUT2D eigenvalue weighted by molar-refractivity contribution is 0.0827. The summed E-state index contributed by atoms with van der Waals surface area (Å²) in [6, 6.07) is 7.37. The smallest absolute Gasteiger partial charge is 0.305 e. The Balaban J connectivity index is 1.70. The lowest BCUT2D eigenvalue weighted by atomic mass is 10.2. The number of hydrogen-bond donors (Lipinski definition) is 3. The van der Waals surface area contributed by atoms with Gasteiger partial charge in [-0.25, -0.2) is 18.1 Å². The average Bonchev–Trinajstić information content (AvgIpc) is 3.29. The molecule has 11 heteroatoms. The molecule has 2 amide bonds. The molecule has 1 aromatic carbocycles. The van der Waals surface area contributed by atoms with Crippen LogP contribution in [0.15, 0.2) is 39.8 Å². The van der Waals surface area contributed by atoms with Crippen molar-refractivity contribution in [1.82, 2.24) is 25.1 Å². The summed E-state index contributed by atoms with van der Waals surface area (Å²) in [6.07, 6.45) is 0. The van der Waals surface area contributed by atoms with E-state index < -0.39 is 26.9 Å². The van der Waals surface area contributed by atoms with Gasteiger partial charge in [0.1, 0.15) is 5.82 Å². The highest BCUT2D eigenvalue weighted by atomic mass is 32.2. The van der Waals surface area contributed by atoms with E-state index in [2.05, 4.69) is 20.6 Å². The second kappa shape index (κ2) is 7.44. The molecule has 0 radical (unpaired) electrons. The molecule has 3 aromatic rings. The van der Waals surface area contributed by atoms with Gasteiger partial charge in [-0.2, -0.15) is 0 Å². The van der Waals surface area contributed by atoms with E-state index in [-0.39, 0.29) is 5.76 Å². The summed E-state index contributed by atoms with van der Waals surface area (Å²) >= 11 is 0. The van der Waals surface area contributed by atoms with Gasteiger partial charge in [-0.3, -0.25) is 20.4 Å². The maximum absolute atomic E-state index is 12.3. The first-order chi connectivity index (χ1) is 13.3. The fourth-order valence-corrected chi connectivity index (χ4v) is 3.37. The van der Waals surface area contributed by atoms with Crippen molar-refractivity contribution in [2.45, 2.75) is 25.5 Å². The maximum atomic E-state index is 12.3. The van der Waals surface area contributed by atoms with Gasteiger partial charge in [-0.05, 0) is 51.2 Å². The zero-order valence-electron chi connectivity index (χ0n) is 15.4. The molecule has 0 aliphatic rings. The molecular weight excluding hydrogens is 386 g/mol. The molecule has 0 spiro atoms. The van der Waals surface area contributed by atoms with Crippen molar-refractivity contribution >= 4 is 32.9 Å². The normalized spacial score (nSPS) is 11.5. The van der Waals surface area contributed by atoms with Crippen LogP contribution in [0.5, 0.6) is 0 Å². The van der Waals surface area contributed by atoms with Gasteiger partial charge in [0.15, 0.2) is 5.76 Å². The summed E-state index contributed by atoms with van der Waals surface area (Å²) < 4.78 is 32.4. The molecule has 0 aliphatic heterocycles. The van der Waals surface area contributed by atoms with Crippen LogP contribution >= 0.6 is 0 Å². The first kappa shape index (κ1) is 19.6. The number of imidazole rings is 1. The van der Waals surface area contributed by atoms with Crippen LogP contribution < -0.4 is 15.6 Å². The van der Waals surface area contributed by atoms with Crippen LogP contribution in [0.1, 0.15) is 33.7 Å². The van der Waals surface area contributed by atoms with Crippen molar-refractivity contribution in [2.75, 3.05) is 7.05 Å². The van der Waals surface area contributed by atoms with Crippen molar-refractivity contribution in [1.29, 1.82) is 0 Å². The van der Waals surface area contributed by atoms with Gasteiger partial charge in [-0.1, -0.05) is 0 Å². The molecule has 0 unspecified atom stereocenters. The Hall–Kier alpha value is -3.18. The maximum Gasteiger partial charge on any atom is 0.305 e. The highest BCUT2D eigenvalue weighted by Crippen LogP contribution is 2.18. The monoisotopic (exact) mass is 405 g/mol. The Morgan fingerprint density at radius 3 is 2.54 bits per heavy atom. The van der Waals surface area contributed by atoms with Crippen LogP contribution in [-0.2, 0) is 16.6 Å². The number of benzene rings is 1. The molecule has 0 atom stereocenters. The highest BCUT2D eigenvalue weighted by molar-refractivity contribution is 7.89. The fraction of sp³-hybridized carbons (Fsp3) is 0.235. The lowest BCUT2D eigenvalue weighted by Crippen LogP contribution is -2.41. The molecule has 2 aromatic heterocycles. The number of furan rings is 1. The van der Waals surface area contributed by atoms with E-state index in [1.807, 2.05) is 18.4 Å². The van der Waals surface area contributed by atoms with Crippen LogP contribution in [0.2, 0.25) is 0 Å². The first-order valence-corrected chi connectivity index (χ1v) is 9.86. The minimum Gasteiger partial charge on any atom is -0.438 e. The number of carbonyl (C=O) groups is 2. The summed E-state index contributed by atoms with van der Waals surface area (Å²) in [5, 5.41) is -0.404. The Bertz CT molecular complexity index is 1160. The summed E-state index contributed by atoms with van der Waals surface area (Å²) in [5.41, 5.74) is 6.34. The summed E-state index contributed by atoms with van der Waals surface area (Å²) in [7, 11) is -2.58. The van der Waals surface area contributed by atoms with Crippen LogP contribution in [0, 0.1) is 6.92 Å². The van der Waals surface area contributed by atoms with Crippen molar-refractivity contribution in [3.63, 3.8) is 0 Å². The first-order valence-electron chi connectivity index (χ1n) is 8.37. The lowest BCUT2D eigenvalue weighted by Gasteiger charge is -2.06. The fourth-order valence-electron chi connectivity index (χ4n) is 2.73. The van der Waals surface area contributed by atoms with Gasteiger partial charge in [-0.15, -0.1) is 0 Å². The van der Waals surface area contributed by atoms with E-state index in [0.29, 0.717) is 11.1 Å². The zero-order valence-corrected chi connectivity index (χ0v) is 16.3. The third-order valence-corrected chi connectivity index (χ3v) is 5.43. The number of fused-ring (bicyclic) bond motifs is 1. The Morgan fingerprint density at radius 1 is 1.14 bits per heavy atom.